The zero-order valence-corrected chi connectivity index (χ0v) is 16.4. The number of likely N-dealkylation sites (tertiary alicyclic amines) is 1. The van der Waals surface area contributed by atoms with E-state index in [-0.39, 0.29) is 30.5 Å². The molecule has 2 fully saturated rings. The van der Waals surface area contributed by atoms with Crippen LogP contribution >= 0.6 is 0 Å². The molecule has 0 spiro atoms. The second-order valence-electron chi connectivity index (χ2n) is 8.06. The molecule has 2 atom stereocenters. The van der Waals surface area contributed by atoms with Crippen LogP contribution in [0.15, 0.2) is 24.3 Å². The van der Waals surface area contributed by atoms with Crippen molar-refractivity contribution in [2.24, 2.45) is 11.8 Å². The molecule has 2 aliphatic rings. The minimum atomic E-state index is -0.229. The monoisotopic (exact) mass is 375 g/mol. The van der Waals surface area contributed by atoms with Crippen LogP contribution in [-0.4, -0.2) is 60.9 Å². The fourth-order valence-corrected chi connectivity index (χ4v) is 4.30. The number of piperidine rings is 1. The molecule has 2 aliphatic heterocycles. The van der Waals surface area contributed by atoms with Gasteiger partial charge in [0.25, 0.3) is 0 Å². The molecule has 0 bridgehead atoms. The molecule has 0 unspecified atom stereocenters. The van der Waals surface area contributed by atoms with E-state index in [1.165, 1.54) is 6.07 Å². The SMILES string of the molecule is C[C@@H]1C[C@H](C)CN(C(=O)CCC(=O)N2CCN(c3ccccc3F)CC2)C1. The number of carbonyl (C=O) groups is 2. The Bertz CT molecular complexity index is 663. The maximum Gasteiger partial charge on any atom is 0.223 e. The standard InChI is InChI=1S/C21H30FN3O2/c1-16-13-17(2)15-25(14-16)21(27)8-7-20(26)24-11-9-23(10-12-24)19-6-4-3-5-18(19)22/h3-6,16-17H,7-15H2,1-2H3/t16-,17+. The Hall–Kier alpha value is -2.11. The van der Waals surface area contributed by atoms with E-state index >= 15 is 0 Å². The van der Waals surface area contributed by atoms with Crippen molar-refractivity contribution >= 4 is 17.5 Å². The molecule has 0 aliphatic carbocycles. The number of para-hydroxylation sites is 1. The minimum Gasteiger partial charge on any atom is -0.366 e. The van der Waals surface area contributed by atoms with Crippen molar-refractivity contribution < 1.29 is 14.0 Å². The number of carbonyl (C=O) groups excluding carboxylic acids is 2. The Morgan fingerprint density at radius 3 is 2.07 bits per heavy atom. The molecule has 1 aromatic rings. The largest absolute Gasteiger partial charge is 0.366 e. The van der Waals surface area contributed by atoms with E-state index in [2.05, 4.69) is 13.8 Å². The van der Waals surface area contributed by atoms with Crippen molar-refractivity contribution in [1.82, 2.24) is 9.80 Å². The van der Waals surface area contributed by atoms with Crippen LogP contribution in [0.5, 0.6) is 0 Å². The summed E-state index contributed by atoms with van der Waals surface area (Å²) in [5, 5.41) is 0. The Morgan fingerprint density at radius 1 is 0.926 bits per heavy atom. The maximum atomic E-state index is 13.9. The van der Waals surface area contributed by atoms with E-state index in [0.29, 0.717) is 43.7 Å². The molecule has 2 amide bonds. The lowest BCUT2D eigenvalue weighted by Gasteiger charge is -2.37. The van der Waals surface area contributed by atoms with Crippen LogP contribution in [0.25, 0.3) is 0 Å². The van der Waals surface area contributed by atoms with Gasteiger partial charge in [0.05, 0.1) is 5.69 Å². The number of benzene rings is 1. The topological polar surface area (TPSA) is 43.9 Å². The summed E-state index contributed by atoms with van der Waals surface area (Å²) < 4.78 is 13.9. The smallest absolute Gasteiger partial charge is 0.223 e. The average molecular weight is 375 g/mol. The summed E-state index contributed by atoms with van der Waals surface area (Å²) in [5.41, 5.74) is 0.591. The summed E-state index contributed by atoms with van der Waals surface area (Å²) in [4.78, 5) is 30.6. The molecule has 0 aromatic heterocycles. The van der Waals surface area contributed by atoms with Gasteiger partial charge in [-0.3, -0.25) is 9.59 Å². The second-order valence-corrected chi connectivity index (χ2v) is 8.06. The van der Waals surface area contributed by atoms with Crippen molar-refractivity contribution in [2.75, 3.05) is 44.2 Å². The molecule has 3 rings (SSSR count). The predicted molar refractivity (Wildman–Crippen MR) is 104 cm³/mol. The molecule has 0 radical (unpaired) electrons. The van der Waals surface area contributed by atoms with Crippen LogP contribution in [0.4, 0.5) is 10.1 Å². The van der Waals surface area contributed by atoms with Crippen molar-refractivity contribution in [3.63, 3.8) is 0 Å². The van der Waals surface area contributed by atoms with Gasteiger partial charge < -0.3 is 14.7 Å². The van der Waals surface area contributed by atoms with Gasteiger partial charge in [0.1, 0.15) is 5.82 Å². The molecule has 0 saturated carbocycles. The third-order valence-corrected chi connectivity index (χ3v) is 5.60. The fraction of sp³-hybridized carbons (Fsp3) is 0.619. The summed E-state index contributed by atoms with van der Waals surface area (Å²) in [6, 6.07) is 6.73. The molecule has 148 valence electrons. The summed E-state index contributed by atoms with van der Waals surface area (Å²) in [6.45, 7) is 8.32. The number of halogens is 1. The van der Waals surface area contributed by atoms with Gasteiger partial charge in [0, 0.05) is 52.1 Å². The summed E-state index contributed by atoms with van der Waals surface area (Å²) in [7, 11) is 0. The van der Waals surface area contributed by atoms with Crippen LogP contribution < -0.4 is 4.90 Å². The number of anilines is 1. The highest BCUT2D eigenvalue weighted by Gasteiger charge is 2.27. The van der Waals surface area contributed by atoms with E-state index in [1.807, 2.05) is 15.9 Å². The third kappa shape index (κ3) is 4.99. The van der Waals surface area contributed by atoms with E-state index < -0.39 is 0 Å². The first-order chi connectivity index (χ1) is 12.9. The number of piperazine rings is 1. The highest BCUT2D eigenvalue weighted by atomic mass is 19.1. The first-order valence-electron chi connectivity index (χ1n) is 9.99. The zero-order valence-electron chi connectivity index (χ0n) is 16.4. The first kappa shape index (κ1) is 19.6. The maximum absolute atomic E-state index is 13.9. The first-order valence-corrected chi connectivity index (χ1v) is 9.99. The van der Waals surface area contributed by atoms with E-state index in [0.717, 1.165) is 19.5 Å². The van der Waals surface area contributed by atoms with Crippen molar-refractivity contribution in [2.45, 2.75) is 33.1 Å². The quantitative estimate of drug-likeness (QED) is 0.813. The molecule has 0 N–H and O–H groups in total. The average Bonchev–Trinajstić information content (AvgIpc) is 2.65. The van der Waals surface area contributed by atoms with Gasteiger partial charge in [0.15, 0.2) is 0 Å². The Labute approximate surface area is 161 Å². The normalized spacial score (nSPS) is 23.4. The number of hydrogen-bond donors (Lipinski definition) is 0. The second kappa shape index (κ2) is 8.72. The van der Waals surface area contributed by atoms with Gasteiger partial charge in [-0.05, 0) is 30.4 Å². The molecule has 6 heteroatoms. The third-order valence-electron chi connectivity index (χ3n) is 5.60. The number of amides is 2. The highest BCUT2D eigenvalue weighted by Crippen LogP contribution is 2.22. The van der Waals surface area contributed by atoms with Gasteiger partial charge in [-0.1, -0.05) is 26.0 Å². The molecular weight excluding hydrogens is 345 g/mol. The van der Waals surface area contributed by atoms with Gasteiger partial charge >= 0.3 is 0 Å². The number of hydrogen-bond acceptors (Lipinski definition) is 3. The highest BCUT2D eigenvalue weighted by molar-refractivity contribution is 5.84. The zero-order chi connectivity index (χ0) is 19.4. The van der Waals surface area contributed by atoms with Crippen LogP contribution in [-0.2, 0) is 9.59 Å². The minimum absolute atomic E-state index is 0.0228. The summed E-state index contributed by atoms with van der Waals surface area (Å²) >= 11 is 0. The fourth-order valence-electron chi connectivity index (χ4n) is 4.30. The number of rotatable bonds is 4. The van der Waals surface area contributed by atoms with E-state index in [1.54, 1.807) is 17.0 Å². The van der Waals surface area contributed by atoms with Crippen LogP contribution in [0.1, 0.15) is 33.1 Å². The molecule has 2 saturated heterocycles. The lowest BCUT2D eigenvalue weighted by molar-refractivity contribution is -0.138. The molecule has 2 heterocycles. The molecule has 1 aromatic carbocycles. The van der Waals surface area contributed by atoms with Crippen molar-refractivity contribution in [1.29, 1.82) is 0 Å². The summed E-state index contributed by atoms with van der Waals surface area (Å²) in [6.07, 6.45) is 1.71. The Morgan fingerprint density at radius 2 is 1.48 bits per heavy atom. The van der Waals surface area contributed by atoms with E-state index in [4.69, 9.17) is 0 Å². The molecule has 5 nitrogen and oxygen atoms in total. The van der Waals surface area contributed by atoms with Crippen LogP contribution in [0.2, 0.25) is 0 Å². The lowest BCUT2D eigenvalue weighted by Crippen LogP contribution is -2.49. The molecule has 27 heavy (non-hydrogen) atoms. The van der Waals surface area contributed by atoms with Gasteiger partial charge in [-0.2, -0.15) is 0 Å². The van der Waals surface area contributed by atoms with Crippen LogP contribution in [0, 0.1) is 17.7 Å². The predicted octanol–water partition coefficient (Wildman–Crippen LogP) is 2.76. The Kier molecular flexibility index (Phi) is 6.34. The lowest BCUT2D eigenvalue weighted by atomic mass is 9.91. The summed E-state index contributed by atoms with van der Waals surface area (Å²) in [5.74, 6) is 0.939. The number of nitrogens with zero attached hydrogens (tertiary/aromatic N) is 3. The van der Waals surface area contributed by atoms with Gasteiger partial charge in [-0.15, -0.1) is 0 Å². The Balaban J connectivity index is 1.44. The van der Waals surface area contributed by atoms with Crippen molar-refractivity contribution in [3.05, 3.63) is 30.1 Å². The molecular formula is C21H30FN3O2. The van der Waals surface area contributed by atoms with Crippen LogP contribution in [0.3, 0.4) is 0 Å². The van der Waals surface area contributed by atoms with Gasteiger partial charge in [-0.25, -0.2) is 4.39 Å². The van der Waals surface area contributed by atoms with E-state index in [9.17, 15) is 14.0 Å². The van der Waals surface area contributed by atoms with Gasteiger partial charge in [0.2, 0.25) is 11.8 Å². The van der Waals surface area contributed by atoms with Crippen molar-refractivity contribution in [3.8, 4) is 0 Å².